The van der Waals surface area contributed by atoms with Gasteiger partial charge in [0.1, 0.15) is 0 Å². The predicted octanol–water partition coefficient (Wildman–Crippen LogP) is 4.97. The number of hydrogen-bond donors (Lipinski definition) is 1. The van der Waals surface area contributed by atoms with Crippen molar-refractivity contribution in [2.24, 2.45) is 0 Å². The molecule has 3 rings (SSSR count). The Morgan fingerprint density at radius 3 is 2.34 bits per heavy atom. The molecule has 1 atom stereocenters. The largest absolute Gasteiger partial charge is 0.326 e. The van der Waals surface area contributed by atoms with Crippen LogP contribution in [0.4, 0.5) is 11.4 Å². The summed E-state index contributed by atoms with van der Waals surface area (Å²) >= 11 is 1.38. The summed E-state index contributed by atoms with van der Waals surface area (Å²) in [4.78, 5) is 39.2. The molecule has 1 fully saturated rings. The molecule has 0 radical (unpaired) electrons. The number of rotatable bonds is 7. The van der Waals surface area contributed by atoms with Crippen molar-refractivity contribution in [1.82, 2.24) is 0 Å². The Bertz CT molecular complexity index is 891. The lowest BCUT2D eigenvalue weighted by atomic mass is 10.0. The minimum Gasteiger partial charge on any atom is -0.326 e. The molecule has 0 bridgehead atoms. The molecule has 2 aromatic rings. The molecule has 3 amide bonds. The molecule has 1 N–H and O–H groups in total. The van der Waals surface area contributed by atoms with Crippen molar-refractivity contribution in [3.63, 3.8) is 0 Å². The van der Waals surface area contributed by atoms with Gasteiger partial charge in [-0.1, -0.05) is 32.9 Å². The molecule has 5 nitrogen and oxygen atoms in total. The Morgan fingerprint density at radius 2 is 1.76 bits per heavy atom. The maximum absolute atomic E-state index is 12.9. The first-order valence-corrected chi connectivity index (χ1v) is 10.8. The van der Waals surface area contributed by atoms with E-state index in [4.69, 9.17) is 0 Å². The second-order valence-electron chi connectivity index (χ2n) is 7.45. The Kier molecular flexibility index (Phi) is 6.75. The van der Waals surface area contributed by atoms with E-state index in [2.05, 4.69) is 19.2 Å². The minimum absolute atomic E-state index is 0.0106. The zero-order valence-electron chi connectivity index (χ0n) is 17.0. The van der Waals surface area contributed by atoms with Gasteiger partial charge in [-0.25, -0.2) is 4.90 Å². The van der Waals surface area contributed by atoms with Crippen molar-refractivity contribution in [3.8, 4) is 0 Å². The number of carbonyl (C=O) groups excluding carboxylic acids is 3. The first-order valence-electron chi connectivity index (χ1n) is 9.92. The first kappa shape index (κ1) is 21.1. The lowest BCUT2D eigenvalue weighted by Crippen LogP contribution is -2.31. The summed E-state index contributed by atoms with van der Waals surface area (Å²) in [7, 11) is 0. The molecule has 29 heavy (non-hydrogen) atoms. The third-order valence-corrected chi connectivity index (χ3v) is 6.01. The third-order valence-electron chi connectivity index (χ3n) is 4.82. The quantitative estimate of drug-likeness (QED) is 0.654. The van der Waals surface area contributed by atoms with Gasteiger partial charge in [0.05, 0.1) is 10.9 Å². The van der Waals surface area contributed by atoms with E-state index in [-0.39, 0.29) is 24.1 Å². The molecule has 0 saturated carbocycles. The lowest BCUT2D eigenvalue weighted by molar-refractivity contribution is -0.121. The SMILES string of the molecule is CCCC(=O)Nc1ccc(SC2CC(=O)N(c3ccc(C(C)C)cc3)C2=O)cc1. The van der Waals surface area contributed by atoms with Crippen LogP contribution < -0.4 is 10.2 Å². The number of anilines is 2. The Labute approximate surface area is 175 Å². The van der Waals surface area contributed by atoms with Gasteiger partial charge in [-0.2, -0.15) is 0 Å². The van der Waals surface area contributed by atoms with Gasteiger partial charge < -0.3 is 5.32 Å². The molecule has 0 spiro atoms. The highest BCUT2D eigenvalue weighted by Gasteiger charge is 2.40. The number of benzene rings is 2. The molecular weight excluding hydrogens is 384 g/mol. The number of thioether (sulfide) groups is 1. The highest BCUT2D eigenvalue weighted by molar-refractivity contribution is 8.00. The van der Waals surface area contributed by atoms with Gasteiger partial charge >= 0.3 is 0 Å². The summed E-state index contributed by atoms with van der Waals surface area (Å²) in [6.45, 7) is 6.17. The summed E-state index contributed by atoms with van der Waals surface area (Å²) in [6.07, 6.45) is 1.47. The minimum atomic E-state index is -0.437. The Hall–Kier alpha value is -2.60. The molecule has 2 aromatic carbocycles. The summed E-state index contributed by atoms with van der Waals surface area (Å²) in [5.41, 5.74) is 2.53. The van der Waals surface area contributed by atoms with Gasteiger partial charge in [-0.3, -0.25) is 14.4 Å². The van der Waals surface area contributed by atoms with Crippen molar-refractivity contribution in [3.05, 3.63) is 54.1 Å². The fourth-order valence-corrected chi connectivity index (χ4v) is 4.26. The van der Waals surface area contributed by atoms with E-state index >= 15 is 0 Å². The highest BCUT2D eigenvalue weighted by Crippen LogP contribution is 2.34. The third kappa shape index (κ3) is 5.07. The second kappa shape index (κ2) is 9.27. The van der Waals surface area contributed by atoms with Crippen molar-refractivity contribution >= 4 is 40.9 Å². The van der Waals surface area contributed by atoms with E-state index in [1.165, 1.54) is 22.2 Å². The van der Waals surface area contributed by atoms with E-state index < -0.39 is 5.25 Å². The van der Waals surface area contributed by atoms with Crippen molar-refractivity contribution in [1.29, 1.82) is 0 Å². The van der Waals surface area contributed by atoms with E-state index in [9.17, 15) is 14.4 Å². The van der Waals surface area contributed by atoms with Crippen molar-refractivity contribution in [2.75, 3.05) is 10.2 Å². The fourth-order valence-electron chi connectivity index (χ4n) is 3.21. The normalized spacial score (nSPS) is 16.6. The van der Waals surface area contributed by atoms with Gasteiger partial charge in [0.15, 0.2) is 0 Å². The number of carbonyl (C=O) groups is 3. The molecule has 1 saturated heterocycles. The molecule has 1 aliphatic rings. The second-order valence-corrected chi connectivity index (χ2v) is 8.72. The zero-order chi connectivity index (χ0) is 21.0. The van der Waals surface area contributed by atoms with Crippen LogP contribution in [0.25, 0.3) is 0 Å². The van der Waals surface area contributed by atoms with Crippen molar-refractivity contribution in [2.45, 2.75) is 56.1 Å². The molecule has 0 aromatic heterocycles. The van der Waals surface area contributed by atoms with Gasteiger partial charge in [0.2, 0.25) is 17.7 Å². The standard InChI is InChI=1S/C23H26N2O3S/c1-4-5-21(26)24-17-8-12-19(13-9-17)29-20-14-22(27)25(23(20)28)18-10-6-16(7-11-18)15(2)3/h6-13,15,20H,4-5,14H2,1-3H3,(H,24,26). The zero-order valence-corrected chi connectivity index (χ0v) is 17.8. The molecule has 152 valence electrons. The molecule has 0 aliphatic carbocycles. The monoisotopic (exact) mass is 410 g/mol. The van der Waals surface area contributed by atoms with Crippen LogP contribution in [0, 0.1) is 0 Å². The van der Waals surface area contributed by atoms with Crippen LogP contribution in [0.5, 0.6) is 0 Å². The molecule has 1 unspecified atom stereocenters. The highest BCUT2D eigenvalue weighted by atomic mass is 32.2. The summed E-state index contributed by atoms with van der Waals surface area (Å²) < 4.78 is 0. The average molecular weight is 411 g/mol. The number of nitrogens with zero attached hydrogens (tertiary/aromatic N) is 1. The number of imide groups is 1. The fraction of sp³-hybridized carbons (Fsp3) is 0.348. The van der Waals surface area contributed by atoms with Crippen LogP contribution in [0.3, 0.4) is 0 Å². The lowest BCUT2D eigenvalue weighted by Gasteiger charge is -2.16. The predicted molar refractivity (Wildman–Crippen MR) is 117 cm³/mol. The van der Waals surface area contributed by atoms with Gasteiger partial charge in [-0.15, -0.1) is 11.8 Å². The molecular formula is C23H26N2O3S. The van der Waals surface area contributed by atoms with Crippen LogP contribution >= 0.6 is 11.8 Å². The summed E-state index contributed by atoms with van der Waals surface area (Å²) in [5.74, 6) is 0.0292. The van der Waals surface area contributed by atoms with Crippen LogP contribution in [0.2, 0.25) is 0 Å². The van der Waals surface area contributed by atoms with Crippen LogP contribution in [0.1, 0.15) is 51.5 Å². The molecule has 1 aliphatic heterocycles. The Morgan fingerprint density at radius 1 is 1.10 bits per heavy atom. The maximum atomic E-state index is 12.9. The van der Waals surface area contributed by atoms with E-state index in [1.54, 1.807) is 0 Å². The van der Waals surface area contributed by atoms with Crippen molar-refractivity contribution < 1.29 is 14.4 Å². The van der Waals surface area contributed by atoms with Gasteiger partial charge in [-0.05, 0) is 54.3 Å². The number of amides is 3. The van der Waals surface area contributed by atoms with E-state index in [0.29, 0.717) is 18.0 Å². The molecule has 1 heterocycles. The smallest absolute Gasteiger partial charge is 0.247 e. The Balaban J connectivity index is 1.66. The van der Waals surface area contributed by atoms with E-state index in [0.717, 1.165) is 17.0 Å². The number of hydrogen-bond acceptors (Lipinski definition) is 4. The van der Waals surface area contributed by atoms with Gasteiger partial charge in [0, 0.05) is 23.4 Å². The topological polar surface area (TPSA) is 66.5 Å². The van der Waals surface area contributed by atoms with Crippen LogP contribution in [0.15, 0.2) is 53.4 Å². The van der Waals surface area contributed by atoms with Crippen LogP contribution in [-0.2, 0) is 14.4 Å². The molecule has 6 heteroatoms. The summed E-state index contributed by atoms with van der Waals surface area (Å²) in [5, 5.41) is 2.41. The van der Waals surface area contributed by atoms with Crippen LogP contribution in [-0.4, -0.2) is 23.0 Å². The first-order chi connectivity index (χ1) is 13.9. The number of nitrogens with one attached hydrogen (secondary N) is 1. The average Bonchev–Trinajstić information content (AvgIpc) is 2.97. The van der Waals surface area contributed by atoms with Gasteiger partial charge in [0.25, 0.3) is 0 Å². The summed E-state index contributed by atoms with van der Waals surface area (Å²) in [6, 6.07) is 15.0. The van der Waals surface area contributed by atoms with E-state index in [1.807, 2.05) is 55.5 Å². The maximum Gasteiger partial charge on any atom is 0.247 e.